The lowest BCUT2D eigenvalue weighted by molar-refractivity contribution is -0.322. The van der Waals surface area contributed by atoms with Crippen molar-refractivity contribution in [1.29, 1.82) is 0 Å². The molecule has 14 aliphatic heterocycles. The van der Waals surface area contributed by atoms with Gasteiger partial charge in [-0.05, 0) is 25.7 Å². The molecule has 0 aromatic heterocycles. The van der Waals surface area contributed by atoms with Crippen LogP contribution in [0.3, 0.4) is 0 Å². The molecule has 14 saturated heterocycles. The Kier molecular flexibility index (Phi) is 28.3. The van der Waals surface area contributed by atoms with Crippen molar-refractivity contribution in [1.82, 2.24) is 0 Å². The maximum Gasteiger partial charge on any atom is 0.147 e. The number of fused-ring (bicyclic) bond motifs is 6. The van der Waals surface area contributed by atoms with Gasteiger partial charge < -0.3 is 147 Å². The predicted octanol–water partition coefficient (Wildman–Crippen LogP) is -5.92. The Morgan fingerprint density at radius 2 is 0.354 bits per heavy atom. The fraction of sp³-hybridized carbons (Fsp3) is 1.00. The highest BCUT2D eigenvalue weighted by atomic mass is 16.8. The summed E-state index contributed by atoms with van der Waals surface area (Å²) in [4.78, 5) is 0. The minimum atomic E-state index is -0.653. The molecular weight excluding hydrogens is 1100 g/mol. The summed E-state index contributed by atoms with van der Waals surface area (Å²) in [7, 11) is 0. The number of aliphatic hydroxyl groups is 12. The Balaban J connectivity index is 0.000000136. The first-order valence-electron chi connectivity index (χ1n) is 28.7. The first kappa shape index (κ1) is 68.3. The molecule has 14 aliphatic rings. The van der Waals surface area contributed by atoms with E-state index in [-0.39, 0.29) is 177 Å². The minimum Gasteiger partial charge on any atom is -0.388 e. The van der Waals surface area contributed by atoms with Crippen LogP contribution in [0.4, 0.5) is 0 Å². The third-order valence-electron chi connectivity index (χ3n) is 15.9. The van der Waals surface area contributed by atoms with E-state index >= 15 is 0 Å². The standard InChI is InChI=1S/2C10H18O4.4C6H10O4.2C4H8O3/c2*1-3-7-9-10(14-5-11-7)8(4-2)12-6-13-9;4*7-3-1-9-6-4(8)2-10-5(3)6;2*5-3-1-7-2-4(3)6/h2*7-10H,3-6H2,1-2H3;4*3-8H,1-2H2;2*3-6H,1-2H2/t7-,8+,9?,10?;7-,8-,9?,10?;2*3-,4+,5-,6-;3-,4-,5+,6+;3-,4-,5-,6-;3-,4+;3-,4-/m.01101.0/s1. The summed E-state index contributed by atoms with van der Waals surface area (Å²) < 4.78 is 94.1. The van der Waals surface area contributed by atoms with Crippen molar-refractivity contribution < 1.29 is 147 Å². The van der Waals surface area contributed by atoms with Gasteiger partial charge in [-0.25, -0.2) is 0 Å². The maximum atomic E-state index is 9.16. The molecule has 0 saturated carbocycles. The van der Waals surface area contributed by atoms with Crippen LogP contribution in [0.15, 0.2) is 0 Å². The Bertz CT molecular complexity index is 1460. The molecule has 0 aromatic rings. The summed E-state index contributed by atoms with van der Waals surface area (Å²) in [5.41, 5.74) is 0. The smallest absolute Gasteiger partial charge is 0.147 e. The summed E-state index contributed by atoms with van der Waals surface area (Å²) in [5.74, 6) is 0. The van der Waals surface area contributed by atoms with E-state index in [4.69, 9.17) is 137 Å². The van der Waals surface area contributed by atoms with Gasteiger partial charge in [0.1, 0.15) is 174 Å². The Hall–Kier alpha value is -1.20. The molecule has 14 heterocycles. The molecule has 0 bridgehead atoms. The van der Waals surface area contributed by atoms with Crippen molar-refractivity contribution in [3.8, 4) is 0 Å². The van der Waals surface area contributed by atoms with Crippen LogP contribution >= 0.6 is 0 Å². The van der Waals surface area contributed by atoms with Gasteiger partial charge in [0.05, 0.1) is 104 Å². The molecule has 82 heavy (non-hydrogen) atoms. The zero-order valence-corrected chi connectivity index (χ0v) is 47.0. The van der Waals surface area contributed by atoms with Gasteiger partial charge in [0.15, 0.2) is 0 Å². The van der Waals surface area contributed by atoms with Gasteiger partial charge in [0.25, 0.3) is 0 Å². The molecule has 0 radical (unpaired) electrons. The Labute approximate surface area is 476 Å². The predicted molar refractivity (Wildman–Crippen MR) is 271 cm³/mol. The molecule has 12 N–H and O–H groups in total. The van der Waals surface area contributed by atoms with Gasteiger partial charge in [0.2, 0.25) is 0 Å². The average molecular weight is 1200 g/mol. The monoisotopic (exact) mass is 1200 g/mol. The van der Waals surface area contributed by atoms with Gasteiger partial charge in [-0.2, -0.15) is 0 Å². The van der Waals surface area contributed by atoms with E-state index in [0.717, 1.165) is 25.7 Å². The van der Waals surface area contributed by atoms with E-state index < -0.39 is 73.2 Å². The lowest BCUT2D eigenvalue weighted by atomic mass is 9.98. The fourth-order valence-corrected chi connectivity index (χ4v) is 11.2. The quantitative estimate of drug-likeness (QED) is 0.125. The third kappa shape index (κ3) is 18.0. The van der Waals surface area contributed by atoms with Gasteiger partial charge in [0, 0.05) is 0 Å². The summed E-state index contributed by atoms with van der Waals surface area (Å²) in [6, 6.07) is 0. The maximum absolute atomic E-state index is 9.16. The van der Waals surface area contributed by atoms with Crippen LogP contribution in [0.25, 0.3) is 0 Å². The van der Waals surface area contributed by atoms with E-state index in [9.17, 15) is 0 Å². The highest BCUT2D eigenvalue weighted by Crippen LogP contribution is 2.32. The van der Waals surface area contributed by atoms with E-state index in [0.29, 0.717) is 27.2 Å². The highest BCUT2D eigenvalue weighted by molar-refractivity contribution is 4.97. The normalized spacial score (nSPS) is 48.0. The second kappa shape index (κ2) is 34.0. The van der Waals surface area contributed by atoms with Gasteiger partial charge in [-0.15, -0.1) is 0 Å². The van der Waals surface area contributed by atoms with E-state index in [1.54, 1.807) is 0 Å². The van der Waals surface area contributed by atoms with Crippen molar-refractivity contribution in [3.63, 3.8) is 0 Å². The van der Waals surface area contributed by atoms with Crippen molar-refractivity contribution in [2.75, 3.05) is 106 Å². The lowest BCUT2D eigenvalue weighted by Gasteiger charge is -2.43. The first-order valence-corrected chi connectivity index (χ1v) is 28.7. The van der Waals surface area contributed by atoms with Crippen LogP contribution in [0.2, 0.25) is 0 Å². The van der Waals surface area contributed by atoms with Crippen molar-refractivity contribution in [2.45, 2.75) is 224 Å². The number of rotatable bonds is 4. The average Bonchev–Trinajstić information content (AvgIpc) is 4.47. The zero-order valence-electron chi connectivity index (χ0n) is 47.0. The van der Waals surface area contributed by atoms with Crippen LogP contribution in [0.5, 0.6) is 0 Å². The molecular formula is C52H92O30. The molecule has 14 fully saturated rings. The van der Waals surface area contributed by atoms with Crippen molar-refractivity contribution in [3.05, 3.63) is 0 Å². The molecule has 0 spiro atoms. The SMILES string of the molecule is CC[C@@H]1OCOC2C1OCO[C@@H]2CC.CC[C@@H]1OCOC2C1OCO[C@H]2CC.O[C@@H]1COC[C@@H]1O.O[C@@H]1CO[C@H]2[C@@H]1OC[C@@H]2O.O[C@@H]1CO[C@H]2[C@@H]1OC[C@@H]2O.O[C@@H]1CO[C@H]2[C@@H]1OC[C@H]2O.O[C@H]1COC[C@@H]1O.O[C@H]1CO[C@H]2[C@@H]1OC[C@@H]2O. The molecule has 0 amide bonds. The largest absolute Gasteiger partial charge is 0.388 e. The van der Waals surface area contributed by atoms with E-state index in [1.165, 1.54) is 0 Å². The molecule has 0 aromatic carbocycles. The molecule has 30 heteroatoms. The van der Waals surface area contributed by atoms with Crippen molar-refractivity contribution in [2.24, 2.45) is 0 Å². The number of ether oxygens (including phenoxy) is 18. The van der Waals surface area contributed by atoms with Crippen LogP contribution in [0.1, 0.15) is 53.4 Å². The first-order chi connectivity index (χ1) is 39.5. The topological polar surface area (TPSA) is 409 Å². The van der Waals surface area contributed by atoms with Gasteiger partial charge in [-0.3, -0.25) is 0 Å². The second-order valence-electron chi connectivity index (χ2n) is 21.7. The molecule has 28 atom stereocenters. The third-order valence-corrected chi connectivity index (χ3v) is 15.9. The molecule has 4 unspecified atom stereocenters. The molecule has 30 nitrogen and oxygen atoms in total. The molecule has 0 aliphatic carbocycles. The van der Waals surface area contributed by atoms with Gasteiger partial charge >= 0.3 is 0 Å². The lowest BCUT2D eigenvalue weighted by Crippen LogP contribution is -2.56. The summed E-state index contributed by atoms with van der Waals surface area (Å²) in [6.07, 6.45) is -4.74. The summed E-state index contributed by atoms with van der Waals surface area (Å²) >= 11 is 0. The van der Waals surface area contributed by atoms with Gasteiger partial charge in [-0.1, -0.05) is 27.7 Å². The van der Waals surface area contributed by atoms with Crippen molar-refractivity contribution >= 4 is 0 Å². The molecule has 14 rings (SSSR count). The van der Waals surface area contributed by atoms with E-state index in [2.05, 4.69) is 37.2 Å². The Morgan fingerprint density at radius 3 is 0.476 bits per heavy atom. The highest BCUT2D eigenvalue weighted by Gasteiger charge is 2.50. The van der Waals surface area contributed by atoms with Crippen LogP contribution < -0.4 is 0 Å². The van der Waals surface area contributed by atoms with E-state index in [1.807, 2.05) is 0 Å². The van der Waals surface area contributed by atoms with Crippen LogP contribution in [0, 0.1) is 0 Å². The van der Waals surface area contributed by atoms with Crippen LogP contribution in [-0.4, -0.2) is 339 Å². The Morgan fingerprint density at radius 1 is 0.195 bits per heavy atom. The summed E-state index contributed by atoms with van der Waals surface area (Å²) in [6.45, 7) is 13.3. The van der Waals surface area contributed by atoms with Crippen LogP contribution in [-0.2, 0) is 85.3 Å². The second-order valence-corrected chi connectivity index (χ2v) is 21.7. The number of hydrogen-bond donors (Lipinski definition) is 12. The summed E-state index contributed by atoms with van der Waals surface area (Å²) in [5, 5.41) is 108. The minimum absolute atomic E-state index is 0.0486. The zero-order chi connectivity index (χ0) is 59.0. The fourth-order valence-electron chi connectivity index (χ4n) is 11.2. The number of hydrogen-bond acceptors (Lipinski definition) is 30. The number of aliphatic hydroxyl groups excluding tert-OH is 12. The molecule has 480 valence electrons.